The average molecular weight is 328 g/mol. The molecule has 0 spiro atoms. The zero-order valence-electron chi connectivity index (χ0n) is 13.5. The summed E-state index contributed by atoms with van der Waals surface area (Å²) in [6.45, 7) is 1.21. The second kappa shape index (κ2) is 7.59. The summed E-state index contributed by atoms with van der Waals surface area (Å²) in [7, 11) is 1.61. The molecule has 2 aromatic rings. The number of fused-ring (bicyclic) bond motifs is 1. The molecule has 6 heteroatoms. The van der Waals surface area contributed by atoms with Gasteiger partial charge >= 0.3 is 6.03 Å². The van der Waals surface area contributed by atoms with Crippen LogP contribution >= 0.6 is 0 Å². The van der Waals surface area contributed by atoms with Crippen LogP contribution in [0.4, 0.5) is 4.79 Å². The Morgan fingerprint density at radius 1 is 1.17 bits per heavy atom. The van der Waals surface area contributed by atoms with E-state index in [0.717, 1.165) is 17.1 Å². The van der Waals surface area contributed by atoms with Gasteiger partial charge in [-0.15, -0.1) is 0 Å². The predicted molar refractivity (Wildman–Crippen MR) is 89.6 cm³/mol. The Labute approximate surface area is 140 Å². The number of amides is 2. The van der Waals surface area contributed by atoms with Crippen LogP contribution in [-0.2, 0) is 6.54 Å². The van der Waals surface area contributed by atoms with Crippen LogP contribution in [0.5, 0.6) is 17.2 Å². The zero-order chi connectivity index (χ0) is 16.8. The molecule has 0 saturated heterocycles. The molecule has 1 aliphatic heterocycles. The Hall–Kier alpha value is -2.89. The van der Waals surface area contributed by atoms with E-state index in [0.29, 0.717) is 25.4 Å². The van der Waals surface area contributed by atoms with Crippen molar-refractivity contribution in [3.63, 3.8) is 0 Å². The van der Waals surface area contributed by atoms with Crippen molar-refractivity contribution in [3.8, 4) is 17.2 Å². The molecule has 3 rings (SSSR count). The van der Waals surface area contributed by atoms with E-state index in [1.807, 2.05) is 48.5 Å². The fourth-order valence-corrected chi connectivity index (χ4v) is 2.40. The first-order valence-corrected chi connectivity index (χ1v) is 7.77. The van der Waals surface area contributed by atoms with Crippen LogP contribution in [0.2, 0.25) is 0 Å². The summed E-state index contributed by atoms with van der Waals surface area (Å²) in [4.78, 5) is 11.9. The highest BCUT2D eigenvalue weighted by Gasteiger charge is 2.20. The van der Waals surface area contributed by atoms with Crippen LogP contribution in [0.15, 0.2) is 48.5 Å². The van der Waals surface area contributed by atoms with Crippen molar-refractivity contribution >= 4 is 6.03 Å². The van der Waals surface area contributed by atoms with E-state index in [1.165, 1.54) is 0 Å². The molecule has 24 heavy (non-hydrogen) atoms. The Morgan fingerprint density at radius 2 is 2.00 bits per heavy atom. The van der Waals surface area contributed by atoms with Crippen molar-refractivity contribution in [2.75, 3.05) is 20.3 Å². The number of benzene rings is 2. The molecule has 0 bridgehead atoms. The fraction of sp³-hybridized carbons (Fsp3) is 0.278. The second-order valence-electron chi connectivity index (χ2n) is 5.41. The largest absolute Gasteiger partial charge is 0.497 e. The van der Waals surface area contributed by atoms with E-state index >= 15 is 0 Å². The molecule has 0 saturated carbocycles. The lowest BCUT2D eigenvalue weighted by Crippen LogP contribution is -2.44. The van der Waals surface area contributed by atoms with Crippen LogP contribution in [0.3, 0.4) is 0 Å². The van der Waals surface area contributed by atoms with Crippen LogP contribution in [0, 0.1) is 0 Å². The SMILES string of the molecule is COc1cccc(CNC(=O)NCC2COc3ccccc3O2)c1. The number of urea groups is 1. The van der Waals surface area contributed by atoms with Crippen molar-refractivity contribution < 1.29 is 19.0 Å². The number of para-hydroxylation sites is 2. The van der Waals surface area contributed by atoms with E-state index in [1.54, 1.807) is 7.11 Å². The molecule has 6 nitrogen and oxygen atoms in total. The standard InChI is InChI=1S/C18H20N2O4/c1-22-14-6-4-5-13(9-14)10-19-18(21)20-11-15-12-23-16-7-2-3-8-17(16)24-15/h2-9,15H,10-12H2,1H3,(H2,19,20,21). The van der Waals surface area contributed by atoms with Gasteiger partial charge in [-0.1, -0.05) is 24.3 Å². The van der Waals surface area contributed by atoms with Gasteiger partial charge in [0, 0.05) is 6.54 Å². The van der Waals surface area contributed by atoms with E-state index in [4.69, 9.17) is 14.2 Å². The third kappa shape index (κ3) is 4.10. The van der Waals surface area contributed by atoms with Gasteiger partial charge in [0.15, 0.2) is 17.6 Å². The number of carbonyl (C=O) groups excluding carboxylic acids is 1. The Bertz CT molecular complexity index is 705. The molecule has 2 aromatic carbocycles. The van der Waals surface area contributed by atoms with Gasteiger partial charge in [-0.05, 0) is 29.8 Å². The number of nitrogens with one attached hydrogen (secondary N) is 2. The van der Waals surface area contributed by atoms with Gasteiger partial charge in [0.25, 0.3) is 0 Å². The molecule has 0 radical (unpaired) electrons. The first-order valence-electron chi connectivity index (χ1n) is 7.77. The number of methoxy groups -OCH3 is 1. The predicted octanol–water partition coefficient (Wildman–Crippen LogP) is 2.33. The molecular weight excluding hydrogens is 308 g/mol. The normalized spacial score (nSPS) is 15.5. The molecule has 1 aliphatic rings. The quantitative estimate of drug-likeness (QED) is 0.884. The van der Waals surface area contributed by atoms with E-state index in [2.05, 4.69) is 10.6 Å². The maximum Gasteiger partial charge on any atom is 0.315 e. The van der Waals surface area contributed by atoms with Crippen molar-refractivity contribution in [2.24, 2.45) is 0 Å². The highest BCUT2D eigenvalue weighted by atomic mass is 16.6. The Morgan fingerprint density at radius 3 is 2.83 bits per heavy atom. The third-order valence-corrected chi connectivity index (χ3v) is 3.65. The number of rotatable bonds is 5. The summed E-state index contributed by atoms with van der Waals surface area (Å²) >= 11 is 0. The molecule has 1 heterocycles. The second-order valence-corrected chi connectivity index (χ2v) is 5.41. The average Bonchev–Trinajstić information content (AvgIpc) is 2.64. The summed E-state index contributed by atoms with van der Waals surface area (Å²) in [6, 6.07) is 14.8. The Balaban J connectivity index is 1.43. The number of hydrogen-bond donors (Lipinski definition) is 2. The molecule has 0 fully saturated rings. The van der Waals surface area contributed by atoms with Crippen molar-refractivity contribution in [1.29, 1.82) is 0 Å². The van der Waals surface area contributed by atoms with E-state index < -0.39 is 0 Å². The topological polar surface area (TPSA) is 68.8 Å². The number of ether oxygens (including phenoxy) is 3. The van der Waals surface area contributed by atoms with Gasteiger partial charge in [-0.2, -0.15) is 0 Å². The maximum atomic E-state index is 11.9. The van der Waals surface area contributed by atoms with Gasteiger partial charge in [0.1, 0.15) is 12.4 Å². The molecule has 1 unspecified atom stereocenters. The van der Waals surface area contributed by atoms with Gasteiger partial charge in [-0.25, -0.2) is 4.79 Å². The summed E-state index contributed by atoms with van der Waals surface area (Å²) in [5, 5.41) is 5.60. The van der Waals surface area contributed by atoms with Crippen molar-refractivity contribution in [1.82, 2.24) is 10.6 Å². The maximum absolute atomic E-state index is 11.9. The van der Waals surface area contributed by atoms with Crippen LogP contribution in [-0.4, -0.2) is 32.4 Å². The molecule has 126 valence electrons. The van der Waals surface area contributed by atoms with Gasteiger partial charge in [-0.3, -0.25) is 0 Å². The minimum Gasteiger partial charge on any atom is -0.497 e. The van der Waals surface area contributed by atoms with Gasteiger partial charge < -0.3 is 24.8 Å². The molecule has 1 atom stereocenters. The summed E-state index contributed by atoms with van der Waals surface area (Å²) in [5.41, 5.74) is 0.968. The minimum atomic E-state index is -0.250. The monoisotopic (exact) mass is 328 g/mol. The lowest BCUT2D eigenvalue weighted by Gasteiger charge is -2.26. The summed E-state index contributed by atoms with van der Waals surface area (Å²) in [5.74, 6) is 2.20. The van der Waals surface area contributed by atoms with Crippen LogP contribution in [0.25, 0.3) is 0 Å². The van der Waals surface area contributed by atoms with E-state index in [9.17, 15) is 4.79 Å². The lowest BCUT2D eigenvalue weighted by molar-refractivity contribution is 0.0918. The molecular formula is C18H20N2O4. The first-order chi connectivity index (χ1) is 11.7. The highest BCUT2D eigenvalue weighted by molar-refractivity contribution is 5.73. The minimum absolute atomic E-state index is 0.206. The summed E-state index contributed by atoms with van der Waals surface area (Å²) < 4.78 is 16.6. The molecule has 0 aromatic heterocycles. The number of hydrogen-bond acceptors (Lipinski definition) is 4. The van der Waals surface area contributed by atoms with Crippen molar-refractivity contribution in [3.05, 3.63) is 54.1 Å². The zero-order valence-corrected chi connectivity index (χ0v) is 13.5. The lowest BCUT2D eigenvalue weighted by atomic mass is 10.2. The fourth-order valence-electron chi connectivity index (χ4n) is 2.40. The molecule has 2 amide bonds. The van der Waals surface area contributed by atoms with Crippen molar-refractivity contribution in [2.45, 2.75) is 12.6 Å². The van der Waals surface area contributed by atoms with Crippen LogP contribution < -0.4 is 24.8 Å². The van der Waals surface area contributed by atoms with E-state index in [-0.39, 0.29) is 12.1 Å². The molecule has 0 aliphatic carbocycles. The number of carbonyl (C=O) groups is 1. The van der Waals surface area contributed by atoms with Gasteiger partial charge in [0.2, 0.25) is 0 Å². The Kier molecular flexibility index (Phi) is 5.05. The van der Waals surface area contributed by atoms with Crippen LogP contribution in [0.1, 0.15) is 5.56 Å². The summed E-state index contributed by atoms with van der Waals surface area (Å²) in [6.07, 6.45) is -0.206. The third-order valence-electron chi connectivity index (χ3n) is 3.65. The molecule has 2 N–H and O–H groups in total. The van der Waals surface area contributed by atoms with Gasteiger partial charge in [0.05, 0.1) is 13.7 Å². The smallest absolute Gasteiger partial charge is 0.315 e. The highest BCUT2D eigenvalue weighted by Crippen LogP contribution is 2.30. The first kappa shape index (κ1) is 16.0.